The van der Waals surface area contributed by atoms with E-state index in [1.54, 1.807) is 4.90 Å². The first-order valence-electron chi connectivity index (χ1n) is 10.3. The number of aromatic amines is 1. The van der Waals surface area contributed by atoms with Crippen LogP contribution >= 0.6 is 0 Å². The lowest BCUT2D eigenvalue weighted by atomic mass is 9.96. The lowest BCUT2D eigenvalue weighted by molar-refractivity contribution is -0.130. The zero-order valence-corrected chi connectivity index (χ0v) is 16.7. The van der Waals surface area contributed by atoms with Crippen molar-refractivity contribution in [1.82, 2.24) is 15.2 Å². The van der Waals surface area contributed by atoms with E-state index in [1.165, 1.54) is 21.9 Å². The highest BCUT2D eigenvalue weighted by Crippen LogP contribution is 2.27. The molecule has 5 nitrogen and oxygen atoms in total. The fraction of sp³-hybridized carbons (Fsp3) is 0.200. The summed E-state index contributed by atoms with van der Waals surface area (Å²) in [6.45, 7) is 1.04. The number of hydrogen-bond donors (Lipinski definition) is 2. The van der Waals surface area contributed by atoms with Crippen molar-refractivity contribution in [2.75, 3.05) is 13.1 Å². The summed E-state index contributed by atoms with van der Waals surface area (Å²) in [7, 11) is 0. The molecule has 1 aromatic heterocycles. The van der Waals surface area contributed by atoms with Gasteiger partial charge in [0.25, 0.3) is 0 Å². The molecule has 2 amide bonds. The number of nitrogens with zero attached hydrogens (tertiary/aromatic N) is 1. The Morgan fingerprint density at radius 3 is 2.60 bits per heavy atom. The number of aromatic nitrogens is 1. The Morgan fingerprint density at radius 1 is 0.900 bits per heavy atom. The molecule has 30 heavy (non-hydrogen) atoms. The van der Waals surface area contributed by atoms with Crippen LogP contribution in [0.3, 0.4) is 0 Å². The largest absolute Gasteiger partial charge is 0.361 e. The second kappa shape index (κ2) is 7.67. The zero-order chi connectivity index (χ0) is 20.5. The van der Waals surface area contributed by atoms with Gasteiger partial charge in [-0.25, -0.2) is 0 Å². The third-order valence-electron chi connectivity index (χ3n) is 5.84. The molecule has 1 fully saturated rings. The SMILES string of the molecule is O=C1CCN(Cc2cc(Cc3c[nH]c4ccccc34)cc3ccccc23)C(=O)CN1. The molecule has 150 valence electrons. The molecule has 1 aliphatic heterocycles. The van der Waals surface area contributed by atoms with Gasteiger partial charge in [-0.2, -0.15) is 0 Å². The van der Waals surface area contributed by atoms with E-state index in [4.69, 9.17) is 0 Å². The van der Waals surface area contributed by atoms with Crippen molar-refractivity contribution < 1.29 is 9.59 Å². The molecule has 0 unspecified atom stereocenters. The second-order valence-electron chi connectivity index (χ2n) is 7.85. The molecule has 2 N–H and O–H groups in total. The van der Waals surface area contributed by atoms with Crippen LogP contribution in [0.15, 0.2) is 66.9 Å². The van der Waals surface area contributed by atoms with Gasteiger partial charge in [0.05, 0.1) is 6.54 Å². The van der Waals surface area contributed by atoms with Crippen molar-refractivity contribution in [3.63, 3.8) is 0 Å². The average molecular weight is 397 g/mol. The monoisotopic (exact) mass is 397 g/mol. The van der Waals surface area contributed by atoms with Crippen LogP contribution in [0.25, 0.3) is 21.7 Å². The van der Waals surface area contributed by atoms with E-state index in [0.29, 0.717) is 19.5 Å². The predicted octanol–water partition coefficient (Wildman–Crippen LogP) is 3.76. The number of rotatable bonds is 4. The summed E-state index contributed by atoms with van der Waals surface area (Å²) in [4.78, 5) is 29.3. The van der Waals surface area contributed by atoms with Crippen molar-refractivity contribution in [1.29, 1.82) is 0 Å². The second-order valence-corrected chi connectivity index (χ2v) is 7.85. The van der Waals surface area contributed by atoms with Crippen molar-refractivity contribution in [2.45, 2.75) is 19.4 Å². The molecule has 3 aromatic carbocycles. The number of carbonyl (C=O) groups excluding carboxylic acids is 2. The molecule has 0 bridgehead atoms. The number of H-pyrrole nitrogens is 1. The summed E-state index contributed by atoms with van der Waals surface area (Å²) >= 11 is 0. The Hall–Kier alpha value is -3.60. The Labute approximate surface area is 174 Å². The van der Waals surface area contributed by atoms with Crippen molar-refractivity contribution in [3.8, 4) is 0 Å². The summed E-state index contributed by atoms with van der Waals surface area (Å²) in [6.07, 6.45) is 3.24. The highest BCUT2D eigenvalue weighted by Gasteiger charge is 2.21. The molecule has 0 saturated carbocycles. The maximum atomic E-state index is 12.5. The number of benzene rings is 3. The quantitative estimate of drug-likeness (QED) is 0.551. The van der Waals surface area contributed by atoms with Crippen LogP contribution in [0.5, 0.6) is 0 Å². The first kappa shape index (κ1) is 18.4. The fourth-order valence-corrected chi connectivity index (χ4v) is 4.30. The van der Waals surface area contributed by atoms with Gasteiger partial charge >= 0.3 is 0 Å². The van der Waals surface area contributed by atoms with Gasteiger partial charge in [0, 0.05) is 36.6 Å². The molecule has 0 aliphatic carbocycles. The molecule has 5 heteroatoms. The van der Waals surface area contributed by atoms with Gasteiger partial charge in [0.2, 0.25) is 11.8 Å². The van der Waals surface area contributed by atoms with Crippen LogP contribution in [0.4, 0.5) is 0 Å². The Kier molecular flexibility index (Phi) is 4.71. The van der Waals surface area contributed by atoms with Gasteiger partial charge in [-0.3, -0.25) is 9.59 Å². The predicted molar refractivity (Wildman–Crippen MR) is 118 cm³/mol. The highest BCUT2D eigenvalue weighted by molar-refractivity contribution is 5.89. The summed E-state index contributed by atoms with van der Waals surface area (Å²) < 4.78 is 0. The number of carbonyl (C=O) groups is 2. The summed E-state index contributed by atoms with van der Waals surface area (Å²) in [5.74, 6) is -0.101. The molecule has 1 saturated heterocycles. The van der Waals surface area contributed by atoms with Crippen molar-refractivity contribution in [3.05, 3.63) is 83.6 Å². The minimum atomic E-state index is -0.0659. The van der Waals surface area contributed by atoms with Crippen molar-refractivity contribution in [2.24, 2.45) is 0 Å². The molecule has 4 aromatic rings. The van der Waals surface area contributed by atoms with Gasteiger partial charge in [0.1, 0.15) is 0 Å². The van der Waals surface area contributed by atoms with E-state index in [0.717, 1.165) is 22.9 Å². The summed E-state index contributed by atoms with van der Waals surface area (Å²) in [5, 5.41) is 6.22. The summed E-state index contributed by atoms with van der Waals surface area (Å²) in [5.41, 5.74) is 4.73. The van der Waals surface area contributed by atoms with E-state index < -0.39 is 0 Å². The maximum absolute atomic E-state index is 12.5. The van der Waals surface area contributed by atoms with E-state index in [9.17, 15) is 9.59 Å². The van der Waals surface area contributed by atoms with Gasteiger partial charge in [0.15, 0.2) is 0 Å². The first-order valence-corrected chi connectivity index (χ1v) is 10.3. The van der Waals surface area contributed by atoms with Crippen LogP contribution in [0, 0.1) is 0 Å². The fourth-order valence-electron chi connectivity index (χ4n) is 4.30. The van der Waals surface area contributed by atoms with Crippen LogP contribution in [-0.2, 0) is 22.6 Å². The molecule has 5 rings (SSSR count). The lowest BCUT2D eigenvalue weighted by Crippen LogP contribution is -2.34. The van der Waals surface area contributed by atoms with Gasteiger partial charge in [-0.15, -0.1) is 0 Å². The standard InChI is InChI=1S/C25H23N3O2/c29-24-9-10-28(25(30)15-27-24)16-20-13-17(11-18-5-1-2-6-21(18)20)12-19-14-26-23-8-4-3-7-22(19)23/h1-8,11,13-14,26H,9-10,12,15-16H2,(H,27,29). The van der Waals surface area contributed by atoms with E-state index in [2.05, 4.69) is 59.0 Å². The Balaban J connectivity index is 1.51. The van der Waals surface area contributed by atoms with Crippen LogP contribution in [-0.4, -0.2) is 34.8 Å². The molecule has 2 heterocycles. The van der Waals surface area contributed by atoms with Crippen LogP contribution in [0.2, 0.25) is 0 Å². The van der Waals surface area contributed by atoms with E-state index in [-0.39, 0.29) is 18.4 Å². The minimum Gasteiger partial charge on any atom is -0.361 e. The van der Waals surface area contributed by atoms with Gasteiger partial charge in [-0.05, 0) is 39.9 Å². The number of hydrogen-bond acceptors (Lipinski definition) is 2. The molecular weight excluding hydrogens is 374 g/mol. The lowest BCUT2D eigenvalue weighted by Gasteiger charge is -2.21. The van der Waals surface area contributed by atoms with Crippen molar-refractivity contribution >= 4 is 33.5 Å². The number of nitrogens with one attached hydrogen (secondary N) is 2. The third-order valence-corrected chi connectivity index (χ3v) is 5.84. The molecule has 1 aliphatic rings. The maximum Gasteiger partial charge on any atom is 0.242 e. The Bertz CT molecular complexity index is 1260. The average Bonchev–Trinajstić information content (AvgIpc) is 3.10. The number of amides is 2. The van der Waals surface area contributed by atoms with E-state index >= 15 is 0 Å². The van der Waals surface area contributed by atoms with Crippen LogP contribution < -0.4 is 5.32 Å². The number of fused-ring (bicyclic) bond motifs is 2. The zero-order valence-electron chi connectivity index (χ0n) is 16.7. The molecular formula is C25H23N3O2. The normalized spacial score (nSPS) is 14.9. The number of para-hydroxylation sites is 1. The van der Waals surface area contributed by atoms with Crippen LogP contribution in [0.1, 0.15) is 23.1 Å². The molecule has 0 radical (unpaired) electrons. The third kappa shape index (κ3) is 3.54. The van der Waals surface area contributed by atoms with E-state index in [1.807, 2.05) is 18.2 Å². The smallest absolute Gasteiger partial charge is 0.242 e. The van der Waals surface area contributed by atoms with Gasteiger partial charge in [-0.1, -0.05) is 54.6 Å². The van der Waals surface area contributed by atoms with Gasteiger partial charge < -0.3 is 15.2 Å². The Morgan fingerprint density at radius 2 is 1.70 bits per heavy atom. The molecule has 0 atom stereocenters. The molecule has 0 spiro atoms. The minimum absolute atomic E-state index is 0.0352. The highest BCUT2D eigenvalue weighted by atomic mass is 16.2. The topological polar surface area (TPSA) is 65.2 Å². The summed E-state index contributed by atoms with van der Waals surface area (Å²) in [6, 6.07) is 21.1. The first-order chi connectivity index (χ1) is 14.7.